The van der Waals surface area contributed by atoms with Gasteiger partial charge in [0.15, 0.2) is 0 Å². The maximum atomic E-state index is 5.76. The molecule has 0 saturated heterocycles. The van der Waals surface area contributed by atoms with Crippen LogP contribution in [0.4, 0.5) is 0 Å². The Bertz CT molecular complexity index is 610. The highest BCUT2D eigenvalue weighted by Crippen LogP contribution is 2.28. The lowest BCUT2D eigenvalue weighted by molar-refractivity contribution is 0.550. The van der Waals surface area contributed by atoms with E-state index in [1.54, 1.807) is 0 Å². The maximum Gasteiger partial charge on any atom is 0.0511 e. The number of aryl methyl sites for hydroxylation is 2. The molecule has 1 aliphatic carbocycles. The first-order valence-electron chi connectivity index (χ1n) is 7.09. The second-order valence-electron chi connectivity index (χ2n) is 5.40. The highest BCUT2D eigenvalue weighted by molar-refractivity contribution is 9.10. The fourth-order valence-electron chi connectivity index (χ4n) is 3.00. The third-order valence-corrected chi connectivity index (χ3v) is 4.81. The van der Waals surface area contributed by atoms with Crippen LogP contribution in [0.3, 0.4) is 0 Å². The van der Waals surface area contributed by atoms with Gasteiger partial charge in [-0.2, -0.15) is 0 Å². The van der Waals surface area contributed by atoms with E-state index in [9.17, 15) is 0 Å². The van der Waals surface area contributed by atoms with Gasteiger partial charge in [0.05, 0.1) is 6.04 Å². The Hall–Kier alpha value is -1.16. The van der Waals surface area contributed by atoms with Crippen LogP contribution in [0.2, 0.25) is 0 Å². The van der Waals surface area contributed by atoms with Crippen LogP contribution in [-0.4, -0.2) is 0 Å². The molecule has 3 N–H and O–H groups in total. The summed E-state index contributed by atoms with van der Waals surface area (Å²) >= 11 is 3.61. The van der Waals surface area contributed by atoms with Gasteiger partial charge in [-0.1, -0.05) is 52.3 Å². The lowest BCUT2D eigenvalue weighted by atomic mass is 9.97. The summed E-state index contributed by atoms with van der Waals surface area (Å²) in [5.74, 6) is 5.76. The van der Waals surface area contributed by atoms with Gasteiger partial charge in [0.25, 0.3) is 0 Å². The Morgan fingerprint density at radius 1 is 1.10 bits per heavy atom. The Labute approximate surface area is 128 Å². The number of hydrogen-bond acceptors (Lipinski definition) is 2. The van der Waals surface area contributed by atoms with Gasteiger partial charge in [0.1, 0.15) is 0 Å². The fraction of sp³-hybridized carbons (Fsp3) is 0.294. The predicted octanol–water partition coefficient (Wildman–Crippen LogP) is 3.68. The Kier molecular flexibility index (Phi) is 4.20. The van der Waals surface area contributed by atoms with Crippen molar-refractivity contribution in [3.63, 3.8) is 0 Å². The lowest BCUT2D eigenvalue weighted by Gasteiger charge is -2.18. The Morgan fingerprint density at radius 3 is 2.70 bits per heavy atom. The molecule has 0 fully saturated rings. The Balaban J connectivity index is 1.83. The van der Waals surface area contributed by atoms with Crippen molar-refractivity contribution in [2.75, 3.05) is 0 Å². The van der Waals surface area contributed by atoms with Gasteiger partial charge in [-0.3, -0.25) is 11.3 Å². The molecule has 0 radical (unpaired) electrons. The summed E-state index contributed by atoms with van der Waals surface area (Å²) in [6.45, 7) is 0. The average molecular weight is 331 g/mol. The highest BCUT2D eigenvalue weighted by atomic mass is 79.9. The van der Waals surface area contributed by atoms with Crippen molar-refractivity contribution in [1.29, 1.82) is 0 Å². The first-order chi connectivity index (χ1) is 9.78. The molecule has 0 aromatic heterocycles. The van der Waals surface area contributed by atoms with E-state index in [0.29, 0.717) is 0 Å². The van der Waals surface area contributed by atoms with Crippen molar-refractivity contribution in [1.82, 2.24) is 5.43 Å². The van der Waals surface area contributed by atoms with Gasteiger partial charge in [-0.05, 0) is 54.0 Å². The largest absolute Gasteiger partial charge is 0.271 e. The van der Waals surface area contributed by atoms with Crippen LogP contribution in [0.15, 0.2) is 46.9 Å². The van der Waals surface area contributed by atoms with Crippen LogP contribution < -0.4 is 11.3 Å². The number of hydrazine groups is 1. The molecule has 3 heteroatoms. The normalized spacial score (nSPS) is 15.1. The molecular formula is C17H19BrN2. The maximum absolute atomic E-state index is 5.76. The van der Waals surface area contributed by atoms with Gasteiger partial charge in [0.2, 0.25) is 0 Å². The molecule has 0 amide bonds. The number of benzene rings is 2. The van der Waals surface area contributed by atoms with Gasteiger partial charge in [0, 0.05) is 4.47 Å². The number of halogens is 1. The van der Waals surface area contributed by atoms with Gasteiger partial charge in [-0.15, -0.1) is 0 Å². The van der Waals surface area contributed by atoms with Gasteiger partial charge < -0.3 is 0 Å². The number of nitrogens with one attached hydrogen (secondary N) is 1. The quantitative estimate of drug-likeness (QED) is 0.662. The second kappa shape index (κ2) is 6.08. The first kappa shape index (κ1) is 13.8. The van der Waals surface area contributed by atoms with Gasteiger partial charge in [-0.25, -0.2) is 0 Å². The predicted molar refractivity (Wildman–Crippen MR) is 86.4 cm³/mol. The zero-order valence-corrected chi connectivity index (χ0v) is 13.0. The lowest BCUT2D eigenvalue weighted by Crippen LogP contribution is -2.29. The summed E-state index contributed by atoms with van der Waals surface area (Å²) in [6, 6.07) is 15.2. The van der Waals surface area contributed by atoms with E-state index in [0.717, 1.165) is 10.9 Å². The molecule has 2 aromatic carbocycles. The molecule has 0 aliphatic heterocycles. The smallest absolute Gasteiger partial charge is 0.0511 e. The fourth-order valence-corrected chi connectivity index (χ4v) is 3.57. The standard InChI is InChI=1S/C17H19BrN2/c18-16-7-2-1-6-15(16)17(20-19)11-12-8-9-13-4-3-5-14(13)10-12/h1-2,6-10,17,20H,3-5,11,19H2. The van der Waals surface area contributed by atoms with E-state index in [2.05, 4.69) is 51.7 Å². The molecule has 2 nitrogen and oxygen atoms in total. The minimum atomic E-state index is 0.130. The molecule has 20 heavy (non-hydrogen) atoms. The molecule has 104 valence electrons. The molecule has 1 aliphatic rings. The number of hydrogen-bond donors (Lipinski definition) is 2. The van der Waals surface area contributed by atoms with Crippen molar-refractivity contribution in [3.05, 3.63) is 69.2 Å². The van der Waals surface area contributed by atoms with Crippen LogP contribution in [-0.2, 0) is 19.3 Å². The van der Waals surface area contributed by atoms with Crippen molar-refractivity contribution < 1.29 is 0 Å². The molecule has 0 bridgehead atoms. The number of fused-ring (bicyclic) bond motifs is 1. The summed E-state index contributed by atoms with van der Waals surface area (Å²) in [6.07, 6.45) is 4.66. The third kappa shape index (κ3) is 2.80. The van der Waals surface area contributed by atoms with Crippen LogP contribution in [0, 0.1) is 0 Å². The van der Waals surface area contributed by atoms with E-state index in [4.69, 9.17) is 5.84 Å². The molecular weight excluding hydrogens is 312 g/mol. The zero-order chi connectivity index (χ0) is 13.9. The van der Waals surface area contributed by atoms with E-state index in [1.807, 2.05) is 12.1 Å². The van der Waals surface area contributed by atoms with Crippen LogP contribution in [0.25, 0.3) is 0 Å². The molecule has 2 aromatic rings. The Morgan fingerprint density at radius 2 is 1.90 bits per heavy atom. The average Bonchev–Trinajstić information content (AvgIpc) is 2.93. The summed E-state index contributed by atoms with van der Waals surface area (Å²) in [7, 11) is 0. The molecule has 0 heterocycles. The van der Waals surface area contributed by atoms with E-state index >= 15 is 0 Å². The first-order valence-corrected chi connectivity index (χ1v) is 7.88. The van der Waals surface area contributed by atoms with Crippen LogP contribution in [0.1, 0.15) is 34.7 Å². The zero-order valence-electron chi connectivity index (χ0n) is 11.4. The third-order valence-electron chi connectivity index (χ3n) is 4.08. The van der Waals surface area contributed by atoms with E-state index < -0.39 is 0 Å². The van der Waals surface area contributed by atoms with Crippen molar-refractivity contribution in [2.24, 2.45) is 5.84 Å². The van der Waals surface area contributed by atoms with Crippen LogP contribution in [0.5, 0.6) is 0 Å². The minimum Gasteiger partial charge on any atom is -0.271 e. The summed E-state index contributed by atoms with van der Waals surface area (Å²) < 4.78 is 1.10. The SMILES string of the molecule is NNC(Cc1ccc2c(c1)CCC2)c1ccccc1Br. The second-order valence-corrected chi connectivity index (χ2v) is 6.26. The van der Waals surface area contributed by atoms with Crippen LogP contribution >= 0.6 is 15.9 Å². The molecule has 0 spiro atoms. The van der Waals surface area contributed by atoms with Crippen molar-refractivity contribution in [2.45, 2.75) is 31.7 Å². The van der Waals surface area contributed by atoms with E-state index in [-0.39, 0.29) is 6.04 Å². The van der Waals surface area contributed by atoms with E-state index in [1.165, 1.54) is 41.5 Å². The summed E-state index contributed by atoms with van der Waals surface area (Å²) in [5, 5.41) is 0. The topological polar surface area (TPSA) is 38.0 Å². The van der Waals surface area contributed by atoms with Gasteiger partial charge >= 0.3 is 0 Å². The molecule has 1 unspecified atom stereocenters. The van der Waals surface area contributed by atoms with Crippen molar-refractivity contribution in [3.8, 4) is 0 Å². The number of nitrogens with two attached hydrogens (primary N) is 1. The van der Waals surface area contributed by atoms with Crippen molar-refractivity contribution >= 4 is 15.9 Å². The monoisotopic (exact) mass is 330 g/mol. The molecule has 0 saturated carbocycles. The number of rotatable bonds is 4. The molecule has 1 atom stereocenters. The molecule has 3 rings (SSSR count). The highest BCUT2D eigenvalue weighted by Gasteiger charge is 2.16. The minimum absolute atomic E-state index is 0.130. The summed E-state index contributed by atoms with van der Waals surface area (Å²) in [4.78, 5) is 0. The summed E-state index contributed by atoms with van der Waals surface area (Å²) in [5.41, 5.74) is 8.54.